The molecule has 0 spiro atoms. The van der Waals surface area contributed by atoms with E-state index in [1.165, 1.54) is 0 Å². The molecular weight excluding hydrogens is 142 g/mol. The van der Waals surface area contributed by atoms with Crippen molar-refractivity contribution in [3.05, 3.63) is 0 Å². The van der Waals surface area contributed by atoms with Crippen LogP contribution in [0, 0.1) is 0 Å². The molecule has 1 aliphatic rings. The van der Waals surface area contributed by atoms with Gasteiger partial charge in [-0.1, -0.05) is 0 Å². The van der Waals surface area contributed by atoms with Gasteiger partial charge in [0.1, 0.15) is 6.23 Å². The van der Waals surface area contributed by atoms with Crippen LogP contribution >= 0.6 is 0 Å². The Hall–Kier alpha value is -0.120. The van der Waals surface area contributed by atoms with E-state index in [4.69, 9.17) is 9.47 Å². The Morgan fingerprint density at radius 2 is 2.36 bits per heavy atom. The van der Waals surface area contributed by atoms with Crippen LogP contribution in [0.3, 0.4) is 0 Å². The van der Waals surface area contributed by atoms with Crippen molar-refractivity contribution in [3.63, 3.8) is 0 Å². The maximum absolute atomic E-state index is 5.31. The van der Waals surface area contributed by atoms with Gasteiger partial charge in [-0.05, 0) is 13.8 Å². The molecule has 1 heterocycles. The van der Waals surface area contributed by atoms with Crippen molar-refractivity contribution in [1.82, 2.24) is 4.90 Å². The molecule has 1 fully saturated rings. The lowest BCUT2D eigenvalue weighted by Gasteiger charge is -2.36. The van der Waals surface area contributed by atoms with Gasteiger partial charge in [0.05, 0.1) is 13.2 Å². The summed E-state index contributed by atoms with van der Waals surface area (Å²) in [7, 11) is 1.74. The van der Waals surface area contributed by atoms with E-state index in [9.17, 15) is 0 Å². The minimum Gasteiger partial charge on any atom is -0.379 e. The fraction of sp³-hybridized carbons (Fsp3) is 1.00. The Labute approximate surface area is 68.3 Å². The lowest BCUT2D eigenvalue weighted by Crippen LogP contribution is -2.48. The number of hydrogen-bond acceptors (Lipinski definition) is 3. The summed E-state index contributed by atoms with van der Waals surface area (Å²) >= 11 is 0. The molecule has 0 aromatic heterocycles. The molecule has 2 atom stereocenters. The number of morpholine rings is 1. The van der Waals surface area contributed by atoms with Gasteiger partial charge in [0, 0.05) is 19.7 Å². The summed E-state index contributed by atoms with van der Waals surface area (Å²) in [4.78, 5) is 2.31. The highest BCUT2D eigenvalue weighted by Gasteiger charge is 2.22. The van der Waals surface area contributed by atoms with E-state index in [1.807, 2.05) is 0 Å². The first kappa shape index (κ1) is 8.97. The molecule has 2 unspecified atom stereocenters. The number of rotatable bonds is 2. The maximum Gasteiger partial charge on any atom is 0.107 e. The quantitative estimate of drug-likeness (QED) is 0.592. The monoisotopic (exact) mass is 159 g/mol. The van der Waals surface area contributed by atoms with Crippen molar-refractivity contribution in [2.45, 2.75) is 26.1 Å². The summed E-state index contributed by atoms with van der Waals surface area (Å²) in [5, 5.41) is 0. The van der Waals surface area contributed by atoms with Gasteiger partial charge in [-0.3, -0.25) is 4.90 Å². The fourth-order valence-corrected chi connectivity index (χ4v) is 1.42. The number of hydrogen-bond donors (Lipinski definition) is 0. The molecule has 1 rings (SSSR count). The van der Waals surface area contributed by atoms with E-state index in [0.29, 0.717) is 6.04 Å². The first-order valence-corrected chi connectivity index (χ1v) is 4.12. The van der Waals surface area contributed by atoms with Gasteiger partial charge in [0.15, 0.2) is 0 Å². The summed E-state index contributed by atoms with van der Waals surface area (Å²) in [5.74, 6) is 0. The van der Waals surface area contributed by atoms with Gasteiger partial charge in [0.2, 0.25) is 0 Å². The maximum atomic E-state index is 5.31. The number of ether oxygens (including phenoxy) is 2. The number of nitrogens with zero attached hydrogens (tertiary/aromatic N) is 1. The van der Waals surface area contributed by atoms with E-state index in [1.54, 1.807) is 7.11 Å². The van der Waals surface area contributed by atoms with Crippen molar-refractivity contribution >= 4 is 0 Å². The second kappa shape index (κ2) is 4.04. The Balaban J connectivity index is 2.40. The summed E-state index contributed by atoms with van der Waals surface area (Å²) in [6.45, 7) is 6.87. The minimum atomic E-state index is 0.217. The first-order chi connectivity index (χ1) is 5.25. The molecule has 0 radical (unpaired) electrons. The number of methoxy groups -OCH3 is 1. The van der Waals surface area contributed by atoms with Gasteiger partial charge in [0.25, 0.3) is 0 Å². The van der Waals surface area contributed by atoms with Crippen LogP contribution in [0.25, 0.3) is 0 Å². The largest absolute Gasteiger partial charge is 0.379 e. The summed E-state index contributed by atoms with van der Waals surface area (Å²) in [5.41, 5.74) is 0. The van der Waals surface area contributed by atoms with Gasteiger partial charge in [-0.2, -0.15) is 0 Å². The van der Waals surface area contributed by atoms with Crippen LogP contribution in [0.15, 0.2) is 0 Å². The zero-order valence-electron chi connectivity index (χ0n) is 7.54. The van der Waals surface area contributed by atoms with Crippen LogP contribution in [0.1, 0.15) is 13.8 Å². The predicted molar refractivity (Wildman–Crippen MR) is 43.5 cm³/mol. The van der Waals surface area contributed by atoms with Crippen LogP contribution in [-0.2, 0) is 9.47 Å². The van der Waals surface area contributed by atoms with Crippen LogP contribution in [0.4, 0.5) is 0 Å². The van der Waals surface area contributed by atoms with Gasteiger partial charge >= 0.3 is 0 Å². The Morgan fingerprint density at radius 3 is 2.91 bits per heavy atom. The van der Waals surface area contributed by atoms with E-state index in [-0.39, 0.29) is 6.23 Å². The second-order valence-electron chi connectivity index (χ2n) is 3.00. The third-order valence-electron chi connectivity index (χ3n) is 2.23. The predicted octanol–water partition coefficient (Wildman–Crippen LogP) is 0.699. The summed E-state index contributed by atoms with van der Waals surface area (Å²) in [6, 6.07) is 0.485. The topological polar surface area (TPSA) is 21.7 Å². The zero-order chi connectivity index (χ0) is 8.27. The van der Waals surface area contributed by atoms with Crippen LogP contribution in [0.2, 0.25) is 0 Å². The van der Waals surface area contributed by atoms with Crippen molar-refractivity contribution in [2.75, 3.05) is 26.9 Å². The Morgan fingerprint density at radius 1 is 1.64 bits per heavy atom. The van der Waals surface area contributed by atoms with E-state index < -0.39 is 0 Å². The SMILES string of the molecule is COC(C)N1CCOCC1C. The van der Waals surface area contributed by atoms with Crippen molar-refractivity contribution < 1.29 is 9.47 Å². The smallest absolute Gasteiger partial charge is 0.107 e. The Bertz CT molecular complexity index is 115. The summed E-state index contributed by atoms with van der Waals surface area (Å²) in [6.07, 6.45) is 0.217. The zero-order valence-corrected chi connectivity index (χ0v) is 7.54. The van der Waals surface area contributed by atoms with Crippen LogP contribution < -0.4 is 0 Å². The highest BCUT2D eigenvalue weighted by atomic mass is 16.5. The Kier molecular flexibility index (Phi) is 3.30. The second-order valence-corrected chi connectivity index (χ2v) is 3.00. The van der Waals surface area contributed by atoms with Crippen molar-refractivity contribution in [2.24, 2.45) is 0 Å². The molecule has 0 N–H and O–H groups in total. The van der Waals surface area contributed by atoms with Gasteiger partial charge in [-0.15, -0.1) is 0 Å². The third-order valence-corrected chi connectivity index (χ3v) is 2.23. The van der Waals surface area contributed by atoms with Gasteiger partial charge < -0.3 is 9.47 Å². The van der Waals surface area contributed by atoms with E-state index >= 15 is 0 Å². The molecule has 0 saturated carbocycles. The molecule has 0 aromatic carbocycles. The molecule has 66 valence electrons. The fourth-order valence-electron chi connectivity index (χ4n) is 1.42. The van der Waals surface area contributed by atoms with E-state index in [0.717, 1.165) is 19.8 Å². The summed E-state index contributed by atoms with van der Waals surface area (Å²) < 4.78 is 10.5. The molecule has 0 aromatic rings. The van der Waals surface area contributed by atoms with Crippen LogP contribution in [0.5, 0.6) is 0 Å². The molecular formula is C8H17NO2. The molecule has 3 heteroatoms. The molecule has 0 bridgehead atoms. The third kappa shape index (κ3) is 2.15. The van der Waals surface area contributed by atoms with Crippen molar-refractivity contribution in [1.29, 1.82) is 0 Å². The lowest BCUT2D eigenvalue weighted by atomic mass is 10.2. The average Bonchev–Trinajstić information content (AvgIpc) is 2.04. The molecule has 0 aliphatic carbocycles. The highest BCUT2D eigenvalue weighted by molar-refractivity contribution is 4.71. The molecule has 3 nitrogen and oxygen atoms in total. The molecule has 1 aliphatic heterocycles. The standard InChI is InChI=1S/C8H17NO2/c1-7-6-11-5-4-9(7)8(2)10-3/h7-8H,4-6H2,1-3H3. The first-order valence-electron chi connectivity index (χ1n) is 4.12. The van der Waals surface area contributed by atoms with E-state index in [2.05, 4.69) is 18.7 Å². The average molecular weight is 159 g/mol. The van der Waals surface area contributed by atoms with Crippen LogP contribution in [-0.4, -0.2) is 44.0 Å². The van der Waals surface area contributed by atoms with Crippen molar-refractivity contribution in [3.8, 4) is 0 Å². The molecule has 1 saturated heterocycles. The lowest BCUT2D eigenvalue weighted by molar-refractivity contribution is -0.0966. The normalized spacial score (nSPS) is 30.3. The minimum absolute atomic E-state index is 0.217. The molecule has 11 heavy (non-hydrogen) atoms. The van der Waals surface area contributed by atoms with Gasteiger partial charge in [-0.25, -0.2) is 0 Å². The molecule has 0 amide bonds. The highest BCUT2D eigenvalue weighted by Crippen LogP contribution is 2.10.